The van der Waals surface area contributed by atoms with Crippen molar-refractivity contribution in [3.8, 4) is 5.69 Å². The summed E-state index contributed by atoms with van der Waals surface area (Å²) in [4.78, 5) is 0. The van der Waals surface area contributed by atoms with Crippen molar-refractivity contribution < 1.29 is 4.74 Å². The van der Waals surface area contributed by atoms with Crippen molar-refractivity contribution in [1.29, 1.82) is 0 Å². The van der Waals surface area contributed by atoms with Crippen LogP contribution in [-0.4, -0.2) is 23.0 Å². The van der Waals surface area contributed by atoms with Crippen molar-refractivity contribution >= 4 is 0 Å². The monoisotopic (exact) mass is 259 g/mol. The summed E-state index contributed by atoms with van der Waals surface area (Å²) in [6.07, 6.45) is 3.79. The predicted molar refractivity (Wildman–Crippen MR) is 76.2 cm³/mol. The molecule has 2 unspecified atom stereocenters. The Morgan fingerprint density at radius 1 is 1.26 bits per heavy atom. The Labute approximate surface area is 114 Å². The lowest BCUT2D eigenvalue weighted by Gasteiger charge is -2.23. The van der Waals surface area contributed by atoms with Crippen molar-refractivity contribution in [3.63, 3.8) is 0 Å². The van der Waals surface area contributed by atoms with Gasteiger partial charge in [0.2, 0.25) is 0 Å². The fourth-order valence-corrected chi connectivity index (χ4v) is 2.27. The molecule has 2 rings (SSSR count). The van der Waals surface area contributed by atoms with Gasteiger partial charge in [-0.3, -0.25) is 0 Å². The van der Waals surface area contributed by atoms with Crippen molar-refractivity contribution in [3.05, 3.63) is 48.3 Å². The first-order chi connectivity index (χ1) is 9.27. The van der Waals surface area contributed by atoms with Gasteiger partial charge in [-0.25, -0.2) is 4.68 Å². The fourth-order valence-electron chi connectivity index (χ4n) is 2.27. The van der Waals surface area contributed by atoms with Gasteiger partial charge in [0.1, 0.15) is 0 Å². The number of aromatic nitrogens is 2. The van der Waals surface area contributed by atoms with Crippen LogP contribution in [0.2, 0.25) is 0 Å². The third kappa shape index (κ3) is 3.03. The summed E-state index contributed by atoms with van der Waals surface area (Å²) >= 11 is 0. The third-order valence-corrected chi connectivity index (χ3v) is 3.29. The zero-order chi connectivity index (χ0) is 13.7. The van der Waals surface area contributed by atoms with Gasteiger partial charge >= 0.3 is 0 Å². The number of nitrogens with zero attached hydrogens (tertiary/aromatic N) is 2. The average Bonchev–Trinajstić information content (AvgIpc) is 2.94. The van der Waals surface area contributed by atoms with E-state index < -0.39 is 0 Å². The number of para-hydroxylation sites is 1. The molecule has 4 heteroatoms. The second kappa shape index (κ2) is 6.50. The van der Waals surface area contributed by atoms with Crippen LogP contribution in [0.15, 0.2) is 42.6 Å². The van der Waals surface area contributed by atoms with Gasteiger partial charge < -0.3 is 10.5 Å². The maximum absolute atomic E-state index is 6.33. The first-order valence-corrected chi connectivity index (χ1v) is 6.65. The molecule has 2 atom stereocenters. The van der Waals surface area contributed by atoms with Gasteiger partial charge in [0.15, 0.2) is 0 Å². The molecule has 2 N–H and O–H groups in total. The molecule has 0 bridgehead atoms. The number of benzene rings is 1. The maximum atomic E-state index is 6.33. The largest absolute Gasteiger partial charge is 0.379 e. The molecule has 2 aromatic rings. The first-order valence-electron chi connectivity index (χ1n) is 6.65. The number of nitrogens with two attached hydrogens (primary N) is 1. The van der Waals surface area contributed by atoms with Crippen molar-refractivity contribution in [2.24, 2.45) is 5.73 Å². The summed E-state index contributed by atoms with van der Waals surface area (Å²) < 4.78 is 7.38. The van der Waals surface area contributed by atoms with Gasteiger partial charge in [-0.2, -0.15) is 5.10 Å². The zero-order valence-corrected chi connectivity index (χ0v) is 11.5. The van der Waals surface area contributed by atoms with E-state index in [2.05, 4.69) is 12.0 Å². The molecule has 0 fully saturated rings. The van der Waals surface area contributed by atoms with Crippen LogP contribution in [0.25, 0.3) is 5.69 Å². The van der Waals surface area contributed by atoms with Gasteiger partial charge in [-0.1, -0.05) is 31.5 Å². The molecular weight excluding hydrogens is 238 g/mol. The predicted octanol–water partition coefficient (Wildman–Crippen LogP) is 2.69. The summed E-state index contributed by atoms with van der Waals surface area (Å²) in [6, 6.07) is 11.8. The molecule has 0 radical (unpaired) electrons. The minimum absolute atomic E-state index is 0.0177. The van der Waals surface area contributed by atoms with E-state index in [0.29, 0.717) is 0 Å². The number of ether oxygens (including phenoxy) is 1. The van der Waals surface area contributed by atoms with Crippen LogP contribution in [0.4, 0.5) is 0 Å². The van der Waals surface area contributed by atoms with Gasteiger partial charge in [0, 0.05) is 13.3 Å². The highest BCUT2D eigenvalue weighted by atomic mass is 16.5. The number of rotatable bonds is 6. The SMILES string of the molecule is CCCC(OC)C(N)c1ccnn1-c1ccccc1. The molecule has 0 saturated heterocycles. The normalized spacial score (nSPS) is 14.3. The van der Waals surface area contributed by atoms with Crippen LogP contribution in [0.3, 0.4) is 0 Å². The Kier molecular flexibility index (Phi) is 4.71. The minimum atomic E-state index is -0.173. The van der Waals surface area contributed by atoms with E-state index in [1.165, 1.54) is 0 Å². The topological polar surface area (TPSA) is 53.1 Å². The molecule has 0 spiro atoms. The van der Waals surface area contributed by atoms with Crippen molar-refractivity contribution in [1.82, 2.24) is 9.78 Å². The third-order valence-electron chi connectivity index (χ3n) is 3.29. The highest BCUT2D eigenvalue weighted by molar-refractivity contribution is 5.33. The lowest BCUT2D eigenvalue weighted by molar-refractivity contribution is 0.0707. The molecule has 1 aromatic heterocycles. The summed E-state index contributed by atoms with van der Waals surface area (Å²) in [5.41, 5.74) is 8.33. The smallest absolute Gasteiger partial charge is 0.0779 e. The van der Waals surface area contributed by atoms with Gasteiger partial charge in [-0.15, -0.1) is 0 Å². The lowest BCUT2D eigenvalue weighted by atomic mass is 10.0. The van der Waals surface area contributed by atoms with Crippen LogP contribution in [0.5, 0.6) is 0 Å². The summed E-state index contributed by atoms with van der Waals surface area (Å²) in [5.74, 6) is 0. The molecule has 4 nitrogen and oxygen atoms in total. The van der Waals surface area contributed by atoms with Crippen LogP contribution in [-0.2, 0) is 4.74 Å². The number of hydrogen-bond donors (Lipinski definition) is 1. The summed E-state index contributed by atoms with van der Waals surface area (Å²) in [7, 11) is 1.71. The molecule has 1 heterocycles. The number of methoxy groups -OCH3 is 1. The second-order valence-corrected chi connectivity index (χ2v) is 4.59. The molecule has 19 heavy (non-hydrogen) atoms. The summed E-state index contributed by atoms with van der Waals surface area (Å²) in [6.45, 7) is 2.13. The Morgan fingerprint density at radius 3 is 2.63 bits per heavy atom. The van der Waals surface area contributed by atoms with E-state index in [9.17, 15) is 0 Å². The molecule has 0 saturated carbocycles. The minimum Gasteiger partial charge on any atom is -0.379 e. The van der Waals surface area contributed by atoms with Gasteiger partial charge in [-0.05, 0) is 24.6 Å². The number of hydrogen-bond acceptors (Lipinski definition) is 3. The Bertz CT molecular complexity index is 495. The van der Waals surface area contributed by atoms with Crippen LogP contribution >= 0.6 is 0 Å². The molecule has 0 amide bonds. The second-order valence-electron chi connectivity index (χ2n) is 4.59. The van der Waals surface area contributed by atoms with Gasteiger partial charge in [0.05, 0.1) is 23.5 Å². The van der Waals surface area contributed by atoms with Crippen LogP contribution < -0.4 is 5.73 Å². The average molecular weight is 259 g/mol. The molecule has 0 aliphatic carbocycles. The molecule has 102 valence electrons. The highest BCUT2D eigenvalue weighted by Gasteiger charge is 2.22. The van der Waals surface area contributed by atoms with E-state index >= 15 is 0 Å². The molecule has 0 aliphatic heterocycles. The van der Waals surface area contributed by atoms with E-state index in [4.69, 9.17) is 10.5 Å². The molecule has 0 aliphatic rings. The van der Waals surface area contributed by atoms with Crippen LogP contribution in [0, 0.1) is 0 Å². The highest BCUT2D eigenvalue weighted by Crippen LogP contribution is 2.22. The van der Waals surface area contributed by atoms with Crippen molar-refractivity contribution in [2.45, 2.75) is 31.9 Å². The quantitative estimate of drug-likeness (QED) is 0.867. The first kappa shape index (κ1) is 13.8. The lowest BCUT2D eigenvalue weighted by Crippen LogP contribution is -2.30. The maximum Gasteiger partial charge on any atom is 0.0779 e. The Hall–Kier alpha value is -1.65. The van der Waals surface area contributed by atoms with E-state index in [0.717, 1.165) is 24.2 Å². The fraction of sp³-hybridized carbons (Fsp3) is 0.400. The molecule has 1 aromatic carbocycles. The van der Waals surface area contributed by atoms with E-state index in [1.807, 2.05) is 41.1 Å². The Morgan fingerprint density at radius 2 is 2.00 bits per heavy atom. The Balaban J connectivity index is 2.29. The van der Waals surface area contributed by atoms with Crippen molar-refractivity contribution in [2.75, 3.05) is 7.11 Å². The zero-order valence-electron chi connectivity index (χ0n) is 11.5. The summed E-state index contributed by atoms with van der Waals surface area (Å²) in [5, 5.41) is 4.37. The van der Waals surface area contributed by atoms with Crippen LogP contribution in [0.1, 0.15) is 31.5 Å². The van der Waals surface area contributed by atoms with Gasteiger partial charge in [0.25, 0.3) is 0 Å². The van der Waals surface area contributed by atoms with E-state index in [-0.39, 0.29) is 12.1 Å². The standard InChI is InChI=1S/C15H21N3O/c1-3-7-14(19-2)15(16)13-10-11-17-18(13)12-8-5-4-6-9-12/h4-6,8-11,14-15H,3,7,16H2,1-2H3. The van der Waals surface area contributed by atoms with E-state index in [1.54, 1.807) is 13.3 Å². The molecular formula is C15H21N3O.